The summed E-state index contributed by atoms with van der Waals surface area (Å²) in [6.07, 6.45) is 5.60. The summed E-state index contributed by atoms with van der Waals surface area (Å²) >= 11 is 0. The van der Waals surface area contributed by atoms with Gasteiger partial charge in [-0.2, -0.15) is 0 Å². The van der Waals surface area contributed by atoms with Crippen LogP contribution < -0.4 is 0 Å². The van der Waals surface area contributed by atoms with Gasteiger partial charge >= 0.3 is 0 Å². The van der Waals surface area contributed by atoms with Crippen LogP contribution in [0, 0.1) is 6.92 Å². The van der Waals surface area contributed by atoms with Crippen LogP contribution >= 0.6 is 0 Å². The number of nitrogens with zero attached hydrogens (tertiary/aromatic N) is 2. The van der Waals surface area contributed by atoms with E-state index in [0.717, 1.165) is 17.0 Å². The molecular weight excluding hydrogens is 136 g/mol. The van der Waals surface area contributed by atoms with E-state index in [9.17, 15) is 0 Å². The molecule has 1 aromatic rings. The summed E-state index contributed by atoms with van der Waals surface area (Å²) < 4.78 is 0. The van der Waals surface area contributed by atoms with Crippen LogP contribution in [0.4, 0.5) is 0 Å². The van der Waals surface area contributed by atoms with Gasteiger partial charge in [-0.1, -0.05) is 6.08 Å². The molecule has 0 spiro atoms. The first-order chi connectivity index (χ1) is 5.24. The summed E-state index contributed by atoms with van der Waals surface area (Å²) in [5.41, 5.74) is 3.08. The van der Waals surface area contributed by atoms with Gasteiger partial charge in [-0.05, 0) is 26.3 Å². The highest BCUT2D eigenvalue weighted by atomic mass is 14.8. The van der Waals surface area contributed by atoms with Gasteiger partial charge in [0, 0.05) is 7.62 Å². The third kappa shape index (κ3) is 1.87. The van der Waals surface area contributed by atoms with Crippen molar-refractivity contribution in [1.82, 2.24) is 9.97 Å². The SMILES string of the molecule is C/C=C(/C)c1cnc(C)cn1.[HH]. The molecule has 0 aliphatic rings. The molecule has 0 atom stereocenters. The number of hydrogen-bond acceptors (Lipinski definition) is 2. The van der Waals surface area contributed by atoms with E-state index in [1.807, 2.05) is 26.8 Å². The van der Waals surface area contributed by atoms with Crippen molar-refractivity contribution in [2.45, 2.75) is 20.8 Å². The van der Waals surface area contributed by atoms with Crippen LogP contribution in [0.1, 0.15) is 26.7 Å². The monoisotopic (exact) mass is 150 g/mol. The fraction of sp³-hybridized carbons (Fsp3) is 0.333. The molecule has 0 bridgehead atoms. The van der Waals surface area contributed by atoms with Gasteiger partial charge in [-0.25, -0.2) is 0 Å². The standard InChI is InChI=1S/C9H12N2.H2/c1-4-7(2)9-6-10-8(3)5-11-9;/h4-6H,1-3H3;1H/b7-4-;. The van der Waals surface area contributed by atoms with Gasteiger partial charge in [0.15, 0.2) is 0 Å². The Balaban J connectivity index is 0.00000121. The van der Waals surface area contributed by atoms with Gasteiger partial charge in [0.05, 0.1) is 17.6 Å². The van der Waals surface area contributed by atoms with Gasteiger partial charge in [0.1, 0.15) is 0 Å². The molecule has 0 aliphatic heterocycles. The minimum Gasteiger partial charge on any atom is -0.258 e. The van der Waals surface area contributed by atoms with E-state index in [1.165, 1.54) is 0 Å². The predicted molar refractivity (Wildman–Crippen MR) is 48.2 cm³/mol. The van der Waals surface area contributed by atoms with Crippen molar-refractivity contribution in [2.24, 2.45) is 0 Å². The second-order valence-electron chi connectivity index (χ2n) is 2.51. The van der Waals surface area contributed by atoms with Crippen molar-refractivity contribution >= 4 is 5.57 Å². The van der Waals surface area contributed by atoms with Crippen LogP contribution in [0.15, 0.2) is 18.5 Å². The van der Waals surface area contributed by atoms with Crippen LogP contribution in [-0.2, 0) is 0 Å². The molecule has 0 aliphatic carbocycles. The van der Waals surface area contributed by atoms with E-state index < -0.39 is 0 Å². The van der Waals surface area contributed by atoms with Gasteiger partial charge in [0.25, 0.3) is 0 Å². The smallest absolute Gasteiger partial charge is 0.0838 e. The van der Waals surface area contributed by atoms with E-state index >= 15 is 0 Å². The summed E-state index contributed by atoms with van der Waals surface area (Å²) in [7, 11) is 0. The number of aryl methyl sites for hydroxylation is 1. The highest BCUT2D eigenvalue weighted by Crippen LogP contribution is 2.07. The average Bonchev–Trinajstić information content (AvgIpc) is 2.05. The summed E-state index contributed by atoms with van der Waals surface area (Å²) in [6.45, 7) is 5.96. The molecule has 0 aromatic carbocycles. The van der Waals surface area contributed by atoms with Crippen molar-refractivity contribution in [3.05, 3.63) is 29.9 Å². The van der Waals surface area contributed by atoms with E-state index in [0.29, 0.717) is 0 Å². The first-order valence-electron chi connectivity index (χ1n) is 3.66. The Morgan fingerprint density at radius 2 is 2.18 bits per heavy atom. The molecular formula is C9H14N2. The molecule has 0 saturated carbocycles. The molecule has 0 unspecified atom stereocenters. The quantitative estimate of drug-likeness (QED) is 0.614. The number of hydrogen-bond donors (Lipinski definition) is 0. The molecule has 1 aromatic heterocycles. The molecule has 2 nitrogen and oxygen atoms in total. The minimum absolute atomic E-state index is 0. The largest absolute Gasteiger partial charge is 0.258 e. The molecule has 0 N–H and O–H groups in total. The zero-order valence-electron chi connectivity index (χ0n) is 7.13. The number of rotatable bonds is 1. The minimum atomic E-state index is 0. The van der Waals surface area contributed by atoms with Gasteiger partial charge in [-0.15, -0.1) is 0 Å². The molecule has 2 heteroatoms. The third-order valence-electron chi connectivity index (χ3n) is 1.62. The lowest BCUT2D eigenvalue weighted by molar-refractivity contribution is 1.09. The maximum absolute atomic E-state index is 4.22. The fourth-order valence-electron chi connectivity index (χ4n) is 0.744. The molecule has 0 fully saturated rings. The zero-order valence-corrected chi connectivity index (χ0v) is 7.13. The van der Waals surface area contributed by atoms with Gasteiger partial charge in [-0.3, -0.25) is 9.97 Å². The highest BCUT2D eigenvalue weighted by molar-refractivity contribution is 5.58. The third-order valence-corrected chi connectivity index (χ3v) is 1.62. The molecule has 0 amide bonds. The van der Waals surface area contributed by atoms with Crippen molar-refractivity contribution in [1.29, 1.82) is 0 Å². The number of aromatic nitrogens is 2. The molecule has 60 valence electrons. The Morgan fingerprint density at radius 3 is 2.64 bits per heavy atom. The normalized spacial score (nSPS) is 11.7. The predicted octanol–water partition coefficient (Wildman–Crippen LogP) is 2.45. The summed E-state index contributed by atoms with van der Waals surface area (Å²) in [6, 6.07) is 0. The van der Waals surface area contributed by atoms with Crippen molar-refractivity contribution in [3.63, 3.8) is 0 Å². The lowest BCUT2D eigenvalue weighted by Gasteiger charge is -1.97. The van der Waals surface area contributed by atoms with Crippen molar-refractivity contribution in [3.8, 4) is 0 Å². The maximum Gasteiger partial charge on any atom is 0.0838 e. The Kier molecular flexibility index (Phi) is 2.36. The maximum atomic E-state index is 4.22. The lowest BCUT2D eigenvalue weighted by atomic mass is 10.2. The first kappa shape index (κ1) is 7.92. The van der Waals surface area contributed by atoms with Crippen LogP contribution in [0.5, 0.6) is 0 Å². The highest BCUT2D eigenvalue weighted by Gasteiger charge is 1.94. The topological polar surface area (TPSA) is 25.8 Å². The van der Waals surface area contributed by atoms with Crippen molar-refractivity contribution in [2.75, 3.05) is 0 Å². The van der Waals surface area contributed by atoms with E-state index in [2.05, 4.69) is 9.97 Å². The van der Waals surface area contributed by atoms with Crippen LogP contribution in [0.25, 0.3) is 5.57 Å². The summed E-state index contributed by atoms with van der Waals surface area (Å²) in [5, 5.41) is 0. The average molecular weight is 150 g/mol. The molecule has 0 radical (unpaired) electrons. The van der Waals surface area contributed by atoms with Crippen molar-refractivity contribution < 1.29 is 1.43 Å². The summed E-state index contributed by atoms with van der Waals surface area (Å²) in [5.74, 6) is 0. The molecule has 11 heavy (non-hydrogen) atoms. The van der Waals surface area contributed by atoms with E-state index in [4.69, 9.17) is 0 Å². The molecule has 0 saturated heterocycles. The Bertz CT molecular complexity index is 264. The Hall–Kier alpha value is -1.18. The van der Waals surface area contributed by atoms with Crippen LogP contribution in [-0.4, -0.2) is 9.97 Å². The second-order valence-corrected chi connectivity index (χ2v) is 2.51. The lowest BCUT2D eigenvalue weighted by Crippen LogP contribution is -1.89. The van der Waals surface area contributed by atoms with Crippen LogP contribution in [0.2, 0.25) is 0 Å². The summed E-state index contributed by atoms with van der Waals surface area (Å²) in [4.78, 5) is 8.36. The first-order valence-corrected chi connectivity index (χ1v) is 3.66. The Morgan fingerprint density at radius 1 is 1.45 bits per heavy atom. The van der Waals surface area contributed by atoms with E-state index in [1.54, 1.807) is 12.4 Å². The van der Waals surface area contributed by atoms with Crippen LogP contribution in [0.3, 0.4) is 0 Å². The second kappa shape index (κ2) is 3.28. The number of allylic oxidation sites excluding steroid dienone is 2. The van der Waals surface area contributed by atoms with Gasteiger partial charge in [0.2, 0.25) is 0 Å². The molecule has 1 rings (SSSR count). The zero-order chi connectivity index (χ0) is 8.27. The Labute approximate surface area is 68.5 Å². The molecule has 1 heterocycles. The van der Waals surface area contributed by atoms with E-state index in [-0.39, 0.29) is 1.43 Å². The van der Waals surface area contributed by atoms with Gasteiger partial charge < -0.3 is 0 Å². The fourth-order valence-corrected chi connectivity index (χ4v) is 0.744.